The average molecular weight is 563 g/mol. The maximum Gasteiger partial charge on any atom is 0.124 e. The van der Waals surface area contributed by atoms with Crippen molar-refractivity contribution in [2.24, 2.45) is 0 Å². The Morgan fingerprint density at radius 2 is 1.12 bits per heavy atom. The summed E-state index contributed by atoms with van der Waals surface area (Å²) in [6.07, 6.45) is 1.92. The van der Waals surface area contributed by atoms with Crippen molar-refractivity contribution in [3.63, 3.8) is 0 Å². The quantitative estimate of drug-likeness (QED) is 0.195. The van der Waals surface area contributed by atoms with Gasteiger partial charge in [0.1, 0.15) is 4.83 Å². The number of pyridine rings is 1. The van der Waals surface area contributed by atoms with E-state index < -0.39 is 0 Å². The lowest BCUT2D eigenvalue weighted by molar-refractivity contribution is 1.21. The molecular formula is C35H18N2S3. The van der Waals surface area contributed by atoms with E-state index in [-0.39, 0.29) is 0 Å². The monoisotopic (exact) mass is 562 g/mol. The molecule has 5 aromatic heterocycles. The number of thiophene rings is 3. The van der Waals surface area contributed by atoms with Gasteiger partial charge in [-0.25, -0.2) is 4.98 Å². The molecule has 5 heterocycles. The van der Waals surface area contributed by atoms with Crippen molar-refractivity contribution in [2.75, 3.05) is 0 Å². The zero-order valence-electron chi connectivity index (χ0n) is 21.0. The first kappa shape index (κ1) is 21.5. The van der Waals surface area contributed by atoms with Crippen LogP contribution < -0.4 is 0 Å². The van der Waals surface area contributed by atoms with E-state index in [1.54, 1.807) is 0 Å². The summed E-state index contributed by atoms with van der Waals surface area (Å²) in [5.41, 5.74) is 3.80. The predicted octanol–water partition coefficient (Wildman–Crippen LogP) is 11.3. The fourth-order valence-electron chi connectivity index (χ4n) is 6.66. The van der Waals surface area contributed by atoms with Gasteiger partial charge in [0.2, 0.25) is 0 Å². The normalized spacial score (nSPS) is 12.5. The molecule has 0 fully saturated rings. The smallest absolute Gasteiger partial charge is 0.124 e. The molecule has 0 saturated heterocycles. The lowest BCUT2D eigenvalue weighted by Crippen LogP contribution is -1.94. The van der Waals surface area contributed by atoms with Crippen LogP contribution in [0, 0.1) is 0 Å². The van der Waals surface area contributed by atoms with Gasteiger partial charge in [0.05, 0.1) is 21.4 Å². The molecule has 0 aliphatic heterocycles. The second-order valence-electron chi connectivity index (χ2n) is 10.3. The summed E-state index contributed by atoms with van der Waals surface area (Å²) in [6, 6.07) is 37.8. The fourth-order valence-corrected chi connectivity index (χ4v) is 10.4. The van der Waals surface area contributed by atoms with Gasteiger partial charge in [-0.1, -0.05) is 66.7 Å². The summed E-state index contributed by atoms with van der Waals surface area (Å²) in [4.78, 5) is 5.92. The van der Waals surface area contributed by atoms with Gasteiger partial charge in [-0.3, -0.25) is 0 Å². The van der Waals surface area contributed by atoms with E-state index in [1.165, 1.54) is 83.3 Å². The zero-order valence-corrected chi connectivity index (χ0v) is 23.5. The van der Waals surface area contributed by atoms with Gasteiger partial charge in [-0.15, -0.1) is 34.0 Å². The lowest BCUT2D eigenvalue weighted by Gasteiger charge is -2.11. The largest absolute Gasteiger partial charge is 0.307 e. The number of benzene rings is 5. The summed E-state index contributed by atoms with van der Waals surface area (Å²) < 4.78 is 9.23. The Morgan fingerprint density at radius 1 is 0.475 bits per heavy atom. The first-order valence-corrected chi connectivity index (χ1v) is 15.8. The molecule has 0 amide bonds. The highest BCUT2D eigenvalue weighted by atomic mass is 32.1. The molecule has 0 radical (unpaired) electrons. The van der Waals surface area contributed by atoms with Crippen LogP contribution in [-0.2, 0) is 0 Å². The van der Waals surface area contributed by atoms with Crippen LogP contribution in [0.15, 0.2) is 109 Å². The molecule has 0 aliphatic rings. The third-order valence-electron chi connectivity index (χ3n) is 8.25. The Hall–Kier alpha value is -4.29. The summed E-state index contributed by atoms with van der Waals surface area (Å²) in [5, 5.41) is 10.6. The summed E-state index contributed by atoms with van der Waals surface area (Å²) in [6.45, 7) is 0. The SMILES string of the molecule is c1ccc2c(c1)sc1c(-n3c4ccccc4c4c5sc6ncccc6c5c5sc6ccccc6c5c43)cccc12. The third-order valence-corrected chi connectivity index (χ3v) is 11.8. The van der Waals surface area contributed by atoms with Crippen molar-refractivity contribution >= 4 is 116 Å². The van der Waals surface area contributed by atoms with E-state index >= 15 is 0 Å². The number of hydrogen-bond acceptors (Lipinski definition) is 4. The Bertz CT molecular complexity index is 2630. The van der Waals surface area contributed by atoms with Gasteiger partial charge >= 0.3 is 0 Å². The molecule has 0 unspecified atom stereocenters. The Morgan fingerprint density at radius 3 is 2.02 bits per heavy atom. The van der Waals surface area contributed by atoms with Crippen molar-refractivity contribution < 1.29 is 0 Å². The molecule has 10 aromatic rings. The molecule has 186 valence electrons. The number of rotatable bonds is 1. The van der Waals surface area contributed by atoms with E-state index in [9.17, 15) is 0 Å². The van der Waals surface area contributed by atoms with E-state index in [4.69, 9.17) is 4.98 Å². The third kappa shape index (κ3) is 2.60. The standard InChI is InChI=1S/C35H18N2S3/c1-4-14-24-21(10-1)28-31(37(24)25-15-7-12-20-19-9-2-5-16-26(19)38-32(20)25)29-22-11-3-6-17-27(22)39-33(29)30-23-13-8-18-36-35(23)40-34(28)30/h1-18H. The molecule has 5 heteroatoms. The molecule has 40 heavy (non-hydrogen) atoms. The lowest BCUT2D eigenvalue weighted by atomic mass is 10.0. The van der Waals surface area contributed by atoms with Crippen molar-refractivity contribution in [2.45, 2.75) is 0 Å². The Kier molecular flexibility index (Phi) is 4.13. The molecule has 0 saturated carbocycles. The summed E-state index contributed by atoms with van der Waals surface area (Å²) in [5.74, 6) is 0. The fraction of sp³-hybridized carbons (Fsp3) is 0. The van der Waals surface area contributed by atoms with Gasteiger partial charge in [-0.05, 0) is 36.4 Å². The van der Waals surface area contributed by atoms with Crippen molar-refractivity contribution in [1.82, 2.24) is 9.55 Å². The maximum atomic E-state index is 4.81. The molecule has 0 atom stereocenters. The molecule has 10 rings (SSSR count). The van der Waals surface area contributed by atoms with Gasteiger partial charge in [-0.2, -0.15) is 0 Å². The van der Waals surface area contributed by atoms with Crippen LogP contribution in [0.25, 0.3) is 88.1 Å². The second kappa shape index (κ2) is 7.67. The average Bonchev–Trinajstić information content (AvgIpc) is 3.75. The van der Waals surface area contributed by atoms with Gasteiger partial charge < -0.3 is 4.57 Å². The molecule has 0 spiro atoms. The minimum absolute atomic E-state index is 1.10. The molecule has 2 nitrogen and oxygen atoms in total. The van der Waals surface area contributed by atoms with E-state index in [2.05, 4.69) is 108 Å². The highest BCUT2D eigenvalue weighted by molar-refractivity contribution is 7.30. The minimum Gasteiger partial charge on any atom is -0.307 e. The molecular weight excluding hydrogens is 545 g/mol. The van der Waals surface area contributed by atoms with Gasteiger partial charge in [0, 0.05) is 68.1 Å². The van der Waals surface area contributed by atoms with Crippen LogP contribution >= 0.6 is 34.0 Å². The van der Waals surface area contributed by atoms with E-state index in [0.29, 0.717) is 0 Å². The number of aromatic nitrogens is 2. The first-order valence-electron chi connectivity index (χ1n) is 13.3. The first-order chi connectivity index (χ1) is 19.9. The number of hydrogen-bond donors (Lipinski definition) is 0. The van der Waals surface area contributed by atoms with Crippen LogP contribution in [0.4, 0.5) is 0 Å². The van der Waals surface area contributed by atoms with Crippen LogP contribution in [-0.4, -0.2) is 9.55 Å². The van der Waals surface area contributed by atoms with Crippen LogP contribution in [0.3, 0.4) is 0 Å². The van der Waals surface area contributed by atoms with Gasteiger partial charge in [0.15, 0.2) is 0 Å². The maximum absolute atomic E-state index is 4.81. The number of para-hydroxylation sites is 1. The summed E-state index contributed by atoms with van der Waals surface area (Å²) in [7, 11) is 0. The predicted molar refractivity (Wildman–Crippen MR) is 177 cm³/mol. The summed E-state index contributed by atoms with van der Waals surface area (Å²) >= 11 is 5.64. The number of nitrogens with zero attached hydrogens (tertiary/aromatic N) is 2. The number of fused-ring (bicyclic) bond motifs is 15. The second-order valence-corrected chi connectivity index (χ2v) is 13.4. The van der Waals surface area contributed by atoms with Crippen molar-refractivity contribution in [3.05, 3.63) is 109 Å². The topological polar surface area (TPSA) is 17.8 Å². The molecule has 0 N–H and O–H groups in total. The highest BCUT2D eigenvalue weighted by Gasteiger charge is 2.25. The Labute approximate surface area is 240 Å². The molecule has 0 aliphatic carbocycles. The van der Waals surface area contributed by atoms with Crippen molar-refractivity contribution in [1.29, 1.82) is 0 Å². The van der Waals surface area contributed by atoms with E-state index in [0.717, 1.165) is 4.83 Å². The van der Waals surface area contributed by atoms with Gasteiger partial charge in [0.25, 0.3) is 0 Å². The van der Waals surface area contributed by atoms with E-state index in [1.807, 2.05) is 40.2 Å². The minimum atomic E-state index is 1.10. The highest BCUT2D eigenvalue weighted by Crippen LogP contribution is 2.52. The van der Waals surface area contributed by atoms with Crippen LogP contribution in [0.2, 0.25) is 0 Å². The van der Waals surface area contributed by atoms with Crippen LogP contribution in [0.1, 0.15) is 0 Å². The van der Waals surface area contributed by atoms with Crippen LogP contribution in [0.5, 0.6) is 0 Å². The molecule has 0 bridgehead atoms. The molecule has 5 aromatic carbocycles. The van der Waals surface area contributed by atoms with Crippen molar-refractivity contribution in [3.8, 4) is 5.69 Å². The Balaban J connectivity index is 1.55. The zero-order chi connectivity index (χ0) is 25.9.